The molecule has 2 heterocycles. The van der Waals surface area contributed by atoms with Gasteiger partial charge in [-0.25, -0.2) is 0 Å². The molecule has 1 unspecified atom stereocenters. The molecule has 0 aliphatic heterocycles. The van der Waals surface area contributed by atoms with E-state index < -0.39 is 0 Å². The molecule has 0 fully saturated rings. The Labute approximate surface area is 106 Å². The molecule has 0 radical (unpaired) electrons. The number of rotatable bonds is 5. The molecule has 0 aromatic carbocycles. The van der Waals surface area contributed by atoms with E-state index in [0.717, 1.165) is 12.2 Å². The Balaban J connectivity index is 2.08. The summed E-state index contributed by atoms with van der Waals surface area (Å²) in [6.45, 7) is 1.50. The maximum atomic E-state index is 5.86. The second kappa shape index (κ2) is 5.91. The monoisotopic (exact) mass is 247 g/mol. The lowest BCUT2D eigenvalue weighted by Crippen LogP contribution is -2.30. The lowest BCUT2D eigenvalue weighted by molar-refractivity contribution is 0.239. The highest BCUT2D eigenvalue weighted by atomic mass is 32.1. The summed E-state index contributed by atoms with van der Waals surface area (Å²) < 4.78 is 0. The third-order valence-electron chi connectivity index (χ3n) is 2.77. The first-order valence-corrected chi connectivity index (χ1v) is 6.53. The van der Waals surface area contributed by atoms with Gasteiger partial charge in [0, 0.05) is 24.2 Å². The third kappa shape index (κ3) is 3.12. The molecule has 1 atom stereocenters. The molecule has 4 heteroatoms. The normalized spacial score (nSPS) is 12.9. The average Bonchev–Trinajstić information content (AvgIpc) is 2.84. The first kappa shape index (κ1) is 12.2. The number of pyridine rings is 1. The summed E-state index contributed by atoms with van der Waals surface area (Å²) in [4.78, 5) is 7.98. The molecule has 90 valence electrons. The van der Waals surface area contributed by atoms with Crippen molar-refractivity contribution in [2.45, 2.75) is 12.6 Å². The van der Waals surface area contributed by atoms with Crippen LogP contribution in [0.25, 0.3) is 0 Å². The molecular formula is C13H17N3S. The maximum absolute atomic E-state index is 5.86. The average molecular weight is 247 g/mol. The van der Waals surface area contributed by atoms with Crippen LogP contribution in [0.4, 0.5) is 0 Å². The smallest absolute Gasteiger partial charge is 0.0645 e. The molecule has 0 spiro atoms. The fourth-order valence-electron chi connectivity index (χ4n) is 1.86. The predicted molar refractivity (Wildman–Crippen MR) is 71.8 cm³/mol. The number of likely N-dealkylation sites (N-methyl/N-ethyl adjacent to an activating group) is 1. The van der Waals surface area contributed by atoms with Crippen molar-refractivity contribution in [2.75, 3.05) is 13.6 Å². The third-order valence-corrected chi connectivity index (χ3v) is 3.63. The van der Waals surface area contributed by atoms with Gasteiger partial charge in [-0.1, -0.05) is 12.1 Å². The van der Waals surface area contributed by atoms with Crippen LogP contribution in [0.3, 0.4) is 0 Å². The fourth-order valence-corrected chi connectivity index (χ4v) is 2.63. The Morgan fingerprint density at radius 1 is 1.35 bits per heavy atom. The summed E-state index contributed by atoms with van der Waals surface area (Å²) in [5, 5.41) is 2.10. The highest BCUT2D eigenvalue weighted by Gasteiger charge is 2.16. The largest absolute Gasteiger partial charge is 0.329 e. The Morgan fingerprint density at radius 2 is 2.24 bits per heavy atom. The van der Waals surface area contributed by atoms with Crippen molar-refractivity contribution in [2.24, 2.45) is 5.73 Å². The van der Waals surface area contributed by atoms with Crippen LogP contribution in [0.15, 0.2) is 41.9 Å². The van der Waals surface area contributed by atoms with E-state index in [-0.39, 0.29) is 6.04 Å². The van der Waals surface area contributed by atoms with Crippen LogP contribution in [-0.2, 0) is 6.54 Å². The second-order valence-corrected chi connectivity index (χ2v) is 5.03. The van der Waals surface area contributed by atoms with E-state index in [0.29, 0.717) is 6.54 Å². The van der Waals surface area contributed by atoms with Crippen molar-refractivity contribution in [3.63, 3.8) is 0 Å². The number of hydrogen-bond donors (Lipinski definition) is 1. The van der Waals surface area contributed by atoms with Crippen LogP contribution in [0.1, 0.15) is 16.6 Å². The zero-order valence-electron chi connectivity index (χ0n) is 9.91. The molecule has 2 aromatic heterocycles. The van der Waals surface area contributed by atoms with E-state index in [2.05, 4.69) is 34.4 Å². The van der Waals surface area contributed by atoms with Crippen molar-refractivity contribution in [3.8, 4) is 0 Å². The summed E-state index contributed by atoms with van der Waals surface area (Å²) in [6, 6.07) is 10.4. The molecule has 0 aliphatic rings. The highest BCUT2D eigenvalue weighted by Crippen LogP contribution is 2.20. The van der Waals surface area contributed by atoms with Gasteiger partial charge in [-0.3, -0.25) is 9.88 Å². The van der Waals surface area contributed by atoms with Gasteiger partial charge in [-0.15, -0.1) is 11.3 Å². The summed E-state index contributed by atoms with van der Waals surface area (Å²) in [7, 11) is 2.09. The molecule has 2 N–H and O–H groups in total. The van der Waals surface area contributed by atoms with Crippen molar-refractivity contribution >= 4 is 11.3 Å². The fraction of sp³-hybridized carbons (Fsp3) is 0.308. The van der Waals surface area contributed by atoms with Gasteiger partial charge >= 0.3 is 0 Å². The van der Waals surface area contributed by atoms with Crippen molar-refractivity contribution in [1.82, 2.24) is 9.88 Å². The highest BCUT2D eigenvalue weighted by molar-refractivity contribution is 7.09. The van der Waals surface area contributed by atoms with E-state index in [1.54, 1.807) is 11.3 Å². The van der Waals surface area contributed by atoms with Crippen LogP contribution >= 0.6 is 11.3 Å². The van der Waals surface area contributed by atoms with Crippen molar-refractivity contribution in [3.05, 3.63) is 52.5 Å². The van der Waals surface area contributed by atoms with Crippen LogP contribution < -0.4 is 5.73 Å². The molecule has 0 bridgehead atoms. The minimum atomic E-state index is 0.179. The predicted octanol–water partition coefficient (Wildman–Crippen LogP) is 2.27. The number of aromatic nitrogens is 1. The first-order valence-electron chi connectivity index (χ1n) is 5.65. The Bertz CT molecular complexity index is 427. The van der Waals surface area contributed by atoms with Gasteiger partial charge < -0.3 is 5.73 Å². The van der Waals surface area contributed by atoms with E-state index in [9.17, 15) is 0 Å². The van der Waals surface area contributed by atoms with E-state index >= 15 is 0 Å². The number of thiophene rings is 1. The summed E-state index contributed by atoms with van der Waals surface area (Å²) in [5.74, 6) is 0. The minimum Gasteiger partial charge on any atom is -0.329 e. The van der Waals surface area contributed by atoms with Gasteiger partial charge in [0.05, 0.1) is 11.7 Å². The number of nitrogens with zero attached hydrogens (tertiary/aromatic N) is 2. The molecule has 0 amide bonds. The van der Waals surface area contributed by atoms with Crippen molar-refractivity contribution < 1.29 is 0 Å². The summed E-state index contributed by atoms with van der Waals surface area (Å²) in [5.41, 5.74) is 6.89. The maximum Gasteiger partial charge on any atom is 0.0645 e. The van der Waals surface area contributed by atoms with Crippen molar-refractivity contribution in [1.29, 1.82) is 0 Å². The molecule has 0 aliphatic carbocycles. The van der Waals surface area contributed by atoms with Crippen LogP contribution in [-0.4, -0.2) is 23.5 Å². The number of hydrogen-bond acceptors (Lipinski definition) is 4. The standard InChI is InChI=1S/C13H17N3S/c1-16(10-11-5-4-8-17-11)13(9-14)12-6-2-3-7-15-12/h2-8,13H,9-10,14H2,1H3. The molecule has 0 saturated heterocycles. The molecule has 0 saturated carbocycles. The summed E-state index contributed by atoms with van der Waals surface area (Å²) >= 11 is 1.77. The Hall–Kier alpha value is -1.23. The molecule has 3 nitrogen and oxygen atoms in total. The Kier molecular flexibility index (Phi) is 4.25. The first-order chi connectivity index (χ1) is 8.31. The Morgan fingerprint density at radius 3 is 2.82 bits per heavy atom. The van der Waals surface area contributed by atoms with E-state index in [4.69, 9.17) is 5.73 Å². The van der Waals surface area contributed by atoms with Gasteiger partial charge in [0.1, 0.15) is 0 Å². The summed E-state index contributed by atoms with van der Waals surface area (Å²) in [6.07, 6.45) is 1.82. The minimum absolute atomic E-state index is 0.179. The topological polar surface area (TPSA) is 42.1 Å². The zero-order chi connectivity index (χ0) is 12.1. The van der Waals surface area contributed by atoms with Crippen LogP contribution in [0.2, 0.25) is 0 Å². The van der Waals surface area contributed by atoms with Gasteiger partial charge in [-0.05, 0) is 30.6 Å². The SMILES string of the molecule is CN(Cc1cccs1)C(CN)c1ccccn1. The van der Waals surface area contributed by atoms with Gasteiger partial charge in [0.2, 0.25) is 0 Å². The second-order valence-electron chi connectivity index (χ2n) is 4.00. The number of nitrogens with two attached hydrogens (primary N) is 1. The quantitative estimate of drug-likeness (QED) is 0.881. The van der Waals surface area contributed by atoms with Crippen LogP contribution in [0.5, 0.6) is 0 Å². The molecule has 2 aromatic rings. The molecule has 17 heavy (non-hydrogen) atoms. The molecular weight excluding hydrogens is 230 g/mol. The zero-order valence-corrected chi connectivity index (χ0v) is 10.7. The van der Waals surface area contributed by atoms with E-state index in [1.165, 1.54) is 4.88 Å². The van der Waals surface area contributed by atoms with Crippen LogP contribution in [0, 0.1) is 0 Å². The van der Waals surface area contributed by atoms with E-state index in [1.807, 2.05) is 24.4 Å². The van der Waals surface area contributed by atoms with Gasteiger partial charge in [0.25, 0.3) is 0 Å². The lowest BCUT2D eigenvalue weighted by atomic mass is 10.1. The van der Waals surface area contributed by atoms with Gasteiger partial charge in [0.15, 0.2) is 0 Å². The molecule has 2 rings (SSSR count). The van der Waals surface area contributed by atoms with Gasteiger partial charge in [-0.2, -0.15) is 0 Å². The lowest BCUT2D eigenvalue weighted by Gasteiger charge is -2.25.